The molecule has 7 nitrogen and oxygen atoms in total. The number of nitrogens with zero attached hydrogens (tertiary/aromatic N) is 2. The second-order valence-corrected chi connectivity index (χ2v) is 7.66. The zero-order chi connectivity index (χ0) is 22.2. The van der Waals surface area contributed by atoms with Crippen molar-refractivity contribution in [2.75, 3.05) is 59.7 Å². The van der Waals surface area contributed by atoms with Crippen LogP contribution in [0, 0.1) is 0 Å². The van der Waals surface area contributed by atoms with E-state index < -0.39 is 0 Å². The molecule has 0 spiro atoms. The van der Waals surface area contributed by atoms with Gasteiger partial charge in [0, 0.05) is 33.8 Å². The highest BCUT2D eigenvalue weighted by Gasteiger charge is 2.31. The van der Waals surface area contributed by atoms with Crippen LogP contribution in [0.2, 0.25) is 0 Å². The van der Waals surface area contributed by atoms with Crippen molar-refractivity contribution in [2.24, 2.45) is 0 Å². The average Bonchev–Trinajstić information content (AvgIpc) is 3.29. The van der Waals surface area contributed by atoms with E-state index in [2.05, 4.69) is 34.1 Å². The Balaban J connectivity index is 1.81. The lowest BCUT2D eigenvalue weighted by molar-refractivity contribution is -0.0679. The molecule has 1 heterocycles. The summed E-state index contributed by atoms with van der Waals surface area (Å²) in [6, 6.07) is 16.1. The number of carbonyl (C=O) groups excluding carboxylic acids is 1. The van der Waals surface area contributed by atoms with Gasteiger partial charge in [-0.05, 0) is 30.2 Å². The van der Waals surface area contributed by atoms with E-state index in [9.17, 15) is 4.79 Å². The smallest absolute Gasteiger partial charge is 0.337 e. The third-order valence-corrected chi connectivity index (χ3v) is 5.68. The van der Waals surface area contributed by atoms with Crippen LogP contribution in [0.4, 0.5) is 5.69 Å². The van der Waals surface area contributed by atoms with Gasteiger partial charge >= 0.3 is 5.97 Å². The molecule has 0 bridgehead atoms. The molecule has 1 aliphatic heterocycles. The van der Waals surface area contributed by atoms with Crippen molar-refractivity contribution < 1.29 is 23.7 Å². The first kappa shape index (κ1) is 23.1. The molecule has 1 fully saturated rings. The van der Waals surface area contributed by atoms with Crippen molar-refractivity contribution in [2.45, 2.75) is 18.6 Å². The minimum atomic E-state index is -0.381. The molecule has 7 heteroatoms. The maximum atomic E-state index is 11.9. The second-order valence-electron chi connectivity index (χ2n) is 7.66. The Morgan fingerprint density at radius 1 is 1.16 bits per heavy atom. The van der Waals surface area contributed by atoms with Gasteiger partial charge in [-0.15, -0.1) is 0 Å². The molecule has 0 saturated carbocycles. The van der Waals surface area contributed by atoms with Gasteiger partial charge in [-0.3, -0.25) is 4.90 Å². The van der Waals surface area contributed by atoms with Gasteiger partial charge in [0.15, 0.2) is 0 Å². The molecule has 0 aliphatic carbocycles. The van der Waals surface area contributed by atoms with Crippen molar-refractivity contribution in [3.63, 3.8) is 0 Å². The summed E-state index contributed by atoms with van der Waals surface area (Å²) >= 11 is 0. The number of likely N-dealkylation sites (tertiary alicyclic amines) is 1. The van der Waals surface area contributed by atoms with Crippen LogP contribution in [0.25, 0.3) is 0 Å². The third kappa shape index (κ3) is 5.76. The molecule has 1 aliphatic rings. The summed E-state index contributed by atoms with van der Waals surface area (Å²) in [5, 5.41) is 0. The topological polar surface area (TPSA) is 60.5 Å². The minimum Gasteiger partial charge on any atom is -0.495 e. The van der Waals surface area contributed by atoms with Gasteiger partial charge in [0.05, 0.1) is 37.6 Å². The summed E-state index contributed by atoms with van der Waals surface area (Å²) in [6.45, 7) is 2.89. The number of anilines is 1. The SMILES string of the molecule is COCO[C@H]1CCN([C@@H](CN(C)c2ccc(C(=O)OC)cc2OC)c2ccccc2)C1. The zero-order valence-electron chi connectivity index (χ0n) is 18.7. The molecule has 0 aromatic heterocycles. The standard InChI is InChI=1S/C24H32N2O5/c1-25(21-11-10-19(24(27)30-4)14-23(21)29-3)16-22(18-8-6-5-7-9-18)26-13-12-20(15-26)31-17-28-2/h5-11,14,20,22H,12-13,15-17H2,1-4H3/t20-,22-/m0/s1. The van der Waals surface area contributed by atoms with Gasteiger partial charge in [0.1, 0.15) is 12.5 Å². The predicted molar refractivity (Wildman–Crippen MR) is 120 cm³/mol. The Kier molecular flexibility index (Phi) is 8.28. The molecule has 2 aromatic rings. The lowest BCUT2D eigenvalue weighted by Crippen LogP contribution is -2.36. The third-order valence-electron chi connectivity index (χ3n) is 5.68. The van der Waals surface area contributed by atoms with Gasteiger partial charge in [-0.2, -0.15) is 0 Å². The Hall–Kier alpha value is -2.61. The van der Waals surface area contributed by atoms with Crippen LogP contribution >= 0.6 is 0 Å². The van der Waals surface area contributed by atoms with Crippen LogP contribution < -0.4 is 9.64 Å². The predicted octanol–water partition coefficient (Wildman–Crippen LogP) is 3.35. The van der Waals surface area contributed by atoms with Gasteiger partial charge in [-0.25, -0.2) is 4.79 Å². The number of benzene rings is 2. The second kappa shape index (κ2) is 11.1. The fourth-order valence-electron chi connectivity index (χ4n) is 4.04. The fourth-order valence-corrected chi connectivity index (χ4v) is 4.04. The van der Waals surface area contributed by atoms with Gasteiger partial charge < -0.3 is 23.8 Å². The fraction of sp³-hybridized carbons (Fsp3) is 0.458. The van der Waals surface area contributed by atoms with Gasteiger partial charge in [0.2, 0.25) is 0 Å². The van der Waals surface area contributed by atoms with Crippen LogP contribution in [0.15, 0.2) is 48.5 Å². The quantitative estimate of drug-likeness (QED) is 0.425. The number of likely N-dealkylation sites (N-methyl/N-ethyl adjacent to an activating group) is 1. The monoisotopic (exact) mass is 428 g/mol. The van der Waals surface area contributed by atoms with E-state index >= 15 is 0 Å². The number of esters is 1. The van der Waals surface area contributed by atoms with E-state index in [1.54, 1.807) is 26.4 Å². The van der Waals surface area contributed by atoms with Gasteiger partial charge in [-0.1, -0.05) is 30.3 Å². The molecular formula is C24H32N2O5. The highest BCUT2D eigenvalue weighted by Crippen LogP contribution is 2.33. The molecular weight excluding hydrogens is 396 g/mol. The van der Waals surface area contributed by atoms with Crippen LogP contribution in [0.1, 0.15) is 28.4 Å². The minimum absolute atomic E-state index is 0.172. The van der Waals surface area contributed by atoms with Crippen molar-refractivity contribution in [3.05, 3.63) is 59.7 Å². The zero-order valence-corrected chi connectivity index (χ0v) is 18.7. The van der Waals surface area contributed by atoms with Crippen LogP contribution in [0.3, 0.4) is 0 Å². The van der Waals surface area contributed by atoms with E-state index in [0.717, 1.165) is 31.7 Å². The van der Waals surface area contributed by atoms with Crippen molar-refractivity contribution in [3.8, 4) is 5.75 Å². The Morgan fingerprint density at radius 3 is 2.61 bits per heavy atom. The van der Waals surface area contributed by atoms with E-state index in [-0.39, 0.29) is 18.1 Å². The molecule has 1 saturated heterocycles. The van der Waals surface area contributed by atoms with Crippen molar-refractivity contribution >= 4 is 11.7 Å². The van der Waals surface area contributed by atoms with Crippen molar-refractivity contribution in [1.29, 1.82) is 0 Å². The van der Waals surface area contributed by atoms with Crippen LogP contribution in [-0.4, -0.2) is 71.8 Å². The summed E-state index contributed by atoms with van der Waals surface area (Å²) < 4.78 is 21.3. The Morgan fingerprint density at radius 2 is 1.94 bits per heavy atom. The molecule has 0 N–H and O–H groups in total. The number of hydrogen-bond donors (Lipinski definition) is 0. The highest BCUT2D eigenvalue weighted by atomic mass is 16.7. The lowest BCUT2D eigenvalue weighted by atomic mass is 10.0. The maximum absolute atomic E-state index is 11.9. The Bertz CT molecular complexity index is 845. The van der Waals surface area contributed by atoms with Crippen molar-refractivity contribution in [1.82, 2.24) is 4.90 Å². The first-order valence-corrected chi connectivity index (χ1v) is 10.4. The summed E-state index contributed by atoms with van der Waals surface area (Å²) in [4.78, 5) is 16.5. The molecule has 0 radical (unpaired) electrons. The highest BCUT2D eigenvalue weighted by molar-refractivity contribution is 5.90. The molecule has 3 rings (SSSR count). The average molecular weight is 429 g/mol. The number of ether oxygens (including phenoxy) is 4. The molecule has 2 aromatic carbocycles. The number of methoxy groups -OCH3 is 3. The van der Waals surface area contributed by atoms with E-state index in [1.807, 2.05) is 19.2 Å². The molecule has 31 heavy (non-hydrogen) atoms. The number of hydrogen-bond acceptors (Lipinski definition) is 7. The first-order valence-electron chi connectivity index (χ1n) is 10.4. The number of carbonyl (C=O) groups is 1. The molecule has 0 unspecified atom stereocenters. The van der Waals surface area contributed by atoms with E-state index in [1.165, 1.54) is 12.7 Å². The normalized spacial score (nSPS) is 17.4. The summed E-state index contributed by atoms with van der Waals surface area (Å²) in [7, 11) is 6.67. The summed E-state index contributed by atoms with van der Waals surface area (Å²) in [5.74, 6) is 0.258. The van der Waals surface area contributed by atoms with Gasteiger partial charge in [0.25, 0.3) is 0 Å². The summed E-state index contributed by atoms with van der Waals surface area (Å²) in [5.41, 5.74) is 2.64. The van der Waals surface area contributed by atoms with Crippen LogP contribution in [0.5, 0.6) is 5.75 Å². The summed E-state index contributed by atoms with van der Waals surface area (Å²) in [6.07, 6.45) is 1.15. The molecule has 0 amide bonds. The van der Waals surface area contributed by atoms with E-state index in [0.29, 0.717) is 18.1 Å². The molecule has 168 valence electrons. The van der Waals surface area contributed by atoms with Crippen LogP contribution in [-0.2, 0) is 14.2 Å². The lowest BCUT2D eigenvalue weighted by Gasteiger charge is -2.33. The Labute approximate surface area is 184 Å². The molecule has 2 atom stereocenters. The number of rotatable bonds is 10. The maximum Gasteiger partial charge on any atom is 0.337 e. The largest absolute Gasteiger partial charge is 0.495 e. The first-order chi connectivity index (χ1) is 15.1. The van der Waals surface area contributed by atoms with E-state index in [4.69, 9.17) is 18.9 Å².